The van der Waals surface area contributed by atoms with Gasteiger partial charge in [0.25, 0.3) is 0 Å². The summed E-state index contributed by atoms with van der Waals surface area (Å²) in [5.41, 5.74) is 0. The number of hydrogen-bond acceptors (Lipinski definition) is 4. The summed E-state index contributed by atoms with van der Waals surface area (Å²) in [6.45, 7) is 2.36. The SMILES string of the molecule is CCc1cnc(NCC(=O)NC)s1. The molecule has 0 saturated carbocycles. The van der Waals surface area contributed by atoms with Gasteiger partial charge in [-0.15, -0.1) is 11.3 Å². The molecule has 0 spiro atoms. The smallest absolute Gasteiger partial charge is 0.239 e. The van der Waals surface area contributed by atoms with Crippen LogP contribution in [-0.4, -0.2) is 24.5 Å². The first-order chi connectivity index (χ1) is 6.26. The van der Waals surface area contributed by atoms with E-state index in [0.717, 1.165) is 11.6 Å². The Balaban J connectivity index is 2.41. The van der Waals surface area contributed by atoms with E-state index in [1.165, 1.54) is 4.88 Å². The molecule has 1 aromatic rings. The predicted molar refractivity (Wildman–Crippen MR) is 54.0 cm³/mol. The van der Waals surface area contributed by atoms with E-state index in [1.54, 1.807) is 18.4 Å². The summed E-state index contributed by atoms with van der Waals surface area (Å²) in [5, 5.41) is 6.28. The number of rotatable bonds is 4. The molecule has 5 heteroatoms. The second kappa shape index (κ2) is 4.81. The van der Waals surface area contributed by atoms with Gasteiger partial charge < -0.3 is 10.6 Å². The van der Waals surface area contributed by atoms with Gasteiger partial charge in [0.15, 0.2) is 5.13 Å². The summed E-state index contributed by atoms with van der Waals surface area (Å²) < 4.78 is 0. The quantitative estimate of drug-likeness (QED) is 0.756. The Kier molecular flexibility index (Phi) is 3.70. The summed E-state index contributed by atoms with van der Waals surface area (Å²) in [6.07, 6.45) is 2.82. The van der Waals surface area contributed by atoms with Gasteiger partial charge in [-0.3, -0.25) is 4.79 Å². The number of nitrogens with zero attached hydrogens (tertiary/aromatic N) is 1. The van der Waals surface area contributed by atoms with Crippen molar-refractivity contribution >= 4 is 22.4 Å². The summed E-state index contributed by atoms with van der Waals surface area (Å²) in [5.74, 6) is -0.0340. The molecule has 0 aliphatic rings. The second-order valence-electron chi connectivity index (χ2n) is 2.51. The van der Waals surface area contributed by atoms with Gasteiger partial charge in [-0.2, -0.15) is 0 Å². The summed E-state index contributed by atoms with van der Waals surface area (Å²) in [7, 11) is 1.61. The average molecular weight is 199 g/mol. The van der Waals surface area contributed by atoms with Crippen LogP contribution in [0.15, 0.2) is 6.20 Å². The Labute approximate surface area is 81.4 Å². The molecule has 2 N–H and O–H groups in total. The minimum atomic E-state index is -0.0340. The molecule has 1 rings (SSSR count). The molecule has 4 nitrogen and oxygen atoms in total. The molecule has 72 valence electrons. The highest BCUT2D eigenvalue weighted by Crippen LogP contribution is 2.17. The first kappa shape index (κ1) is 9.98. The third-order valence-corrected chi connectivity index (χ3v) is 2.68. The van der Waals surface area contributed by atoms with Gasteiger partial charge in [0.2, 0.25) is 5.91 Å². The number of carbonyl (C=O) groups is 1. The van der Waals surface area contributed by atoms with Crippen LogP contribution in [0.2, 0.25) is 0 Å². The number of hydrogen-bond donors (Lipinski definition) is 2. The van der Waals surface area contributed by atoms with Crippen LogP contribution in [0.4, 0.5) is 5.13 Å². The molecule has 0 aromatic carbocycles. The summed E-state index contributed by atoms with van der Waals surface area (Å²) in [6, 6.07) is 0. The molecule has 0 unspecified atom stereocenters. The molecule has 0 bridgehead atoms. The third-order valence-electron chi connectivity index (χ3n) is 1.58. The third kappa shape index (κ3) is 3.02. The maximum absolute atomic E-state index is 10.9. The molecular formula is C8H13N3OS. The molecule has 0 atom stereocenters. The van der Waals surface area contributed by atoms with Crippen LogP contribution in [-0.2, 0) is 11.2 Å². The number of anilines is 1. The van der Waals surface area contributed by atoms with E-state index in [-0.39, 0.29) is 12.5 Å². The number of aromatic nitrogens is 1. The van der Waals surface area contributed by atoms with Gasteiger partial charge >= 0.3 is 0 Å². The van der Waals surface area contributed by atoms with Gasteiger partial charge in [-0.25, -0.2) is 4.98 Å². The molecule has 0 saturated heterocycles. The molecule has 1 aromatic heterocycles. The van der Waals surface area contributed by atoms with E-state index in [0.29, 0.717) is 0 Å². The van der Waals surface area contributed by atoms with Crippen molar-refractivity contribution < 1.29 is 4.79 Å². The molecule has 0 aliphatic heterocycles. The highest BCUT2D eigenvalue weighted by Gasteiger charge is 2.01. The minimum Gasteiger partial charge on any atom is -0.358 e. The lowest BCUT2D eigenvalue weighted by Crippen LogP contribution is -2.26. The molecule has 1 heterocycles. The minimum absolute atomic E-state index is 0.0340. The van der Waals surface area contributed by atoms with Crippen molar-refractivity contribution in [1.29, 1.82) is 0 Å². The molecule has 1 amide bonds. The molecule has 0 aliphatic carbocycles. The van der Waals surface area contributed by atoms with Gasteiger partial charge in [-0.05, 0) is 6.42 Å². The highest BCUT2D eigenvalue weighted by molar-refractivity contribution is 7.15. The number of likely N-dealkylation sites (N-methyl/N-ethyl adjacent to an activating group) is 1. The molecule has 0 fully saturated rings. The van der Waals surface area contributed by atoms with E-state index in [2.05, 4.69) is 22.5 Å². The van der Waals surface area contributed by atoms with E-state index in [9.17, 15) is 4.79 Å². The lowest BCUT2D eigenvalue weighted by Gasteiger charge is -1.99. The van der Waals surface area contributed by atoms with Crippen molar-refractivity contribution in [2.75, 3.05) is 18.9 Å². The average Bonchev–Trinajstić information content (AvgIpc) is 2.61. The fourth-order valence-electron chi connectivity index (χ4n) is 0.797. The lowest BCUT2D eigenvalue weighted by molar-refractivity contribution is -0.118. The normalized spacial score (nSPS) is 9.69. The van der Waals surface area contributed by atoms with Gasteiger partial charge in [-0.1, -0.05) is 6.92 Å². The Morgan fingerprint density at radius 2 is 2.46 bits per heavy atom. The maximum Gasteiger partial charge on any atom is 0.239 e. The van der Waals surface area contributed by atoms with Crippen LogP contribution in [0.3, 0.4) is 0 Å². The fraction of sp³-hybridized carbons (Fsp3) is 0.500. The van der Waals surface area contributed by atoms with E-state index in [1.807, 2.05) is 6.20 Å². The van der Waals surface area contributed by atoms with Crippen molar-refractivity contribution in [3.05, 3.63) is 11.1 Å². The molecular weight excluding hydrogens is 186 g/mol. The zero-order valence-corrected chi connectivity index (χ0v) is 8.57. The number of amides is 1. The van der Waals surface area contributed by atoms with Crippen LogP contribution in [0.25, 0.3) is 0 Å². The Bertz CT molecular complexity index is 285. The van der Waals surface area contributed by atoms with Crippen molar-refractivity contribution in [3.63, 3.8) is 0 Å². The first-order valence-corrected chi connectivity index (χ1v) is 4.97. The Morgan fingerprint density at radius 1 is 1.69 bits per heavy atom. The van der Waals surface area contributed by atoms with Crippen LogP contribution in [0.1, 0.15) is 11.8 Å². The van der Waals surface area contributed by atoms with E-state index < -0.39 is 0 Å². The van der Waals surface area contributed by atoms with E-state index in [4.69, 9.17) is 0 Å². The zero-order chi connectivity index (χ0) is 9.68. The monoisotopic (exact) mass is 199 g/mol. The van der Waals surface area contributed by atoms with Gasteiger partial charge in [0.1, 0.15) is 0 Å². The van der Waals surface area contributed by atoms with Crippen LogP contribution < -0.4 is 10.6 Å². The van der Waals surface area contributed by atoms with Crippen LogP contribution in [0, 0.1) is 0 Å². The number of carbonyl (C=O) groups excluding carboxylic acids is 1. The molecule has 13 heavy (non-hydrogen) atoms. The van der Waals surface area contributed by atoms with Crippen LogP contribution >= 0.6 is 11.3 Å². The lowest BCUT2D eigenvalue weighted by atomic mass is 10.4. The topological polar surface area (TPSA) is 54.0 Å². The maximum atomic E-state index is 10.9. The van der Waals surface area contributed by atoms with Crippen molar-refractivity contribution in [3.8, 4) is 0 Å². The summed E-state index contributed by atoms with van der Waals surface area (Å²) in [4.78, 5) is 16.2. The predicted octanol–water partition coefficient (Wildman–Crippen LogP) is 0.863. The molecule has 0 radical (unpaired) electrons. The Morgan fingerprint density at radius 3 is 3.00 bits per heavy atom. The van der Waals surface area contributed by atoms with Gasteiger partial charge in [0.05, 0.1) is 6.54 Å². The zero-order valence-electron chi connectivity index (χ0n) is 7.76. The summed E-state index contributed by atoms with van der Waals surface area (Å²) >= 11 is 1.58. The van der Waals surface area contributed by atoms with E-state index >= 15 is 0 Å². The van der Waals surface area contributed by atoms with Crippen molar-refractivity contribution in [2.24, 2.45) is 0 Å². The van der Waals surface area contributed by atoms with Crippen molar-refractivity contribution in [2.45, 2.75) is 13.3 Å². The van der Waals surface area contributed by atoms with Gasteiger partial charge in [0, 0.05) is 18.1 Å². The largest absolute Gasteiger partial charge is 0.358 e. The number of thiazole rings is 1. The fourth-order valence-corrected chi connectivity index (χ4v) is 1.54. The Hall–Kier alpha value is -1.10. The second-order valence-corrected chi connectivity index (χ2v) is 3.63. The van der Waals surface area contributed by atoms with Crippen molar-refractivity contribution in [1.82, 2.24) is 10.3 Å². The number of aryl methyl sites for hydroxylation is 1. The first-order valence-electron chi connectivity index (χ1n) is 4.15. The standard InChI is InChI=1S/C8H13N3OS/c1-3-6-4-10-8(13-6)11-5-7(12)9-2/h4H,3,5H2,1-2H3,(H,9,12)(H,10,11). The number of nitrogens with one attached hydrogen (secondary N) is 2. The van der Waals surface area contributed by atoms with Crippen LogP contribution in [0.5, 0.6) is 0 Å². The highest BCUT2D eigenvalue weighted by atomic mass is 32.1.